The van der Waals surface area contributed by atoms with Crippen molar-refractivity contribution in [2.45, 2.75) is 31.1 Å². The molecule has 1 N–H and O–H groups in total. The molecule has 0 spiro atoms. The van der Waals surface area contributed by atoms with Crippen LogP contribution in [0.5, 0.6) is 5.75 Å². The Labute approximate surface area is 149 Å². The van der Waals surface area contributed by atoms with E-state index in [0.29, 0.717) is 18.8 Å². The standard InChI is InChI=1S/C18H24N2O4S/c1-3-4-6-9-18(21)19-15-10-11-16(24-2)17(14-15)25(22,23)20-12-7-5-8-13-20/h3-4,6,9-11,14H,5,7-8,12-13H2,1-2H3,(H,19,21)/b4-3+,9-6+. The molecule has 1 heterocycles. The van der Waals surface area contributed by atoms with Gasteiger partial charge in [0.15, 0.2) is 0 Å². The number of nitrogens with zero attached hydrogens (tertiary/aromatic N) is 1. The van der Waals surface area contributed by atoms with Crippen LogP contribution in [-0.4, -0.2) is 38.8 Å². The summed E-state index contributed by atoms with van der Waals surface area (Å²) in [5.41, 5.74) is 0.409. The largest absolute Gasteiger partial charge is 0.495 e. The van der Waals surface area contributed by atoms with Crippen LogP contribution in [0.3, 0.4) is 0 Å². The first-order chi connectivity index (χ1) is 12.0. The van der Waals surface area contributed by atoms with Crippen LogP contribution >= 0.6 is 0 Å². The third-order valence-corrected chi connectivity index (χ3v) is 5.84. The first kappa shape index (κ1) is 19.2. The third-order valence-electron chi connectivity index (χ3n) is 3.92. The minimum Gasteiger partial charge on any atom is -0.495 e. The number of sulfonamides is 1. The van der Waals surface area contributed by atoms with Gasteiger partial charge in [0.05, 0.1) is 7.11 Å². The fraction of sp³-hybridized carbons (Fsp3) is 0.389. The van der Waals surface area contributed by atoms with Gasteiger partial charge in [-0.3, -0.25) is 4.79 Å². The number of amides is 1. The molecule has 1 fully saturated rings. The maximum absolute atomic E-state index is 12.9. The van der Waals surface area contributed by atoms with Gasteiger partial charge in [0.2, 0.25) is 15.9 Å². The van der Waals surface area contributed by atoms with Crippen LogP contribution < -0.4 is 10.1 Å². The summed E-state index contributed by atoms with van der Waals surface area (Å²) in [5.74, 6) is -0.0578. The Morgan fingerprint density at radius 1 is 1.20 bits per heavy atom. The highest BCUT2D eigenvalue weighted by atomic mass is 32.2. The number of hydrogen-bond acceptors (Lipinski definition) is 4. The van der Waals surface area contributed by atoms with E-state index in [-0.39, 0.29) is 16.6 Å². The number of allylic oxidation sites excluding steroid dienone is 3. The summed E-state index contributed by atoms with van der Waals surface area (Å²) in [5, 5.41) is 2.67. The van der Waals surface area contributed by atoms with E-state index in [1.165, 1.54) is 23.6 Å². The lowest BCUT2D eigenvalue weighted by Gasteiger charge is -2.26. The van der Waals surface area contributed by atoms with Crippen LogP contribution in [0.4, 0.5) is 5.69 Å². The molecule has 7 heteroatoms. The maximum atomic E-state index is 12.9. The van der Waals surface area contributed by atoms with Gasteiger partial charge in [0.1, 0.15) is 10.6 Å². The van der Waals surface area contributed by atoms with E-state index in [1.807, 2.05) is 6.92 Å². The highest BCUT2D eigenvalue weighted by Gasteiger charge is 2.29. The molecule has 6 nitrogen and oxygen atoms in total. The second kappa shape index (κ2) is 8.82. The van der Waals surface area contributed by atoms with Crippen LogP contribution in [0.1, 0.15) is 26.2 Å². The van der Waals surface area contributed by atoms with Gasteiger partial charge in [-0.2, -0.15) is 4.31 Å². The van der Waals surface area contributed by atoms with E-state index in [1.54, 1.807) is 30.4 Å². The van der Waals surface area contributed by atoms with Crippen molar-refractivity contribution in [2.75, 3.05) is 25.5 Å². The zero-order chi connectivity index (χ0) is 18.3. The minimum absolute atomic E-state index is 0.0760. The van der Waals surface area contributed by atoms with E-state index in [4.69, 9.17) is 4.74 Å². The molecule has 0 bridgehead atoms. The average molecular weight is 364 g/mol. The molecular formula is C18H24N2O4S. The Morgan fingerprint density at radius 3 is 2.56 bits per heavy atom. The number of carbonyl (C=O) groups excluding carboxylic acids is 1. The highest BCUT2D eigenvalue weighted by Crippen LogP contribution is 2.31. The average Bonchev–Trinajstić information content (AvgIpc) is 2.62. The van der Waals surface area contributed by atoms with Crippen molar-refractivity contribution in [1.29, 1.82) is 0 Å². The van der Waals surface area contributed by atoms with Gasteiger partial charge in [0.25, 0.3) is 0 Å². The lowest BCUT2D eigenvalue weighted by atomic mass is 10.2. The second-order valence-corrected chi connectivity index (χ2v) is 7.61. The first-order valence-corrected chi connectivity index (χ1v) is 9.71. The van der Waals surface area contributed by atoms with Crippen LogP contribution in [0, 0.1) is 0 Å². The molecule has 1 aliphatic rings. The van der Waals surface area contributed by atoms with Crippen molar-refractivity contribution in [3.05, 3.63) is 42.5 Å². The lowest BCUT2D eigenvalue weighted by molar-refractivity contribution is -0.111. The Bertz CT molecular complexity index is 763. The zero-order valence-corrected chi connectivity index (χ0v) is 15.4. The fourth-order valence-corrected chi connectivity index (χ4v) is 4.34. The van der Waals surface area contributed by atoms with Crippen molar-refractivity contribution in [3.8, 4) is 5.75 Å². The number of piperidine rings is 1. The number of ether oxygens (including phenoxy) is 1. The molecule has 0 aromatic heterocycles. The van der Waals surface area contributed by atoms with Crippen molar-refractivity contribution >= 4 is 21.6 Å². The summed E-state index contributed by atoms with van der Waals surface area (Å²) in [6, 6.07) is 4.63. The van der Waals surface area contributed by atoms with Crippen molar-refractivity contribution < 1.29 is 17.9 Å². The van der Waals surface area contributed by atoms with Gasteiger partial charge in [-0.15, -0.1) is 0 Å². The molecule has 0 unspecified atom stereocenters. The molecule has 1 aliphatic heterocycles. The molecule has 1 saturated heterocycles. The number of anilines is 1. The van der Waals surface area contributed by atoms with Crippen molar-refractivity contribution in [1.82, 2.24) is 4.31 Å². The summed E-state index contributed by atoms with van der Waals surface area (Å²) in [6.07, 6.45) is 9.28. The van der Waals surface area contributed by atoms with Crippen LogP contribution in [0.2, 0.25) is 0 Å². The molecule has 0 atom stereocenters. The Kier molecular flexibility index (Phi) is 6.78. The number of benzene rings is 1. The highest BCUT2D eigenvalue weighted by molar-refractivity contribution is 7.89. The predicted molar refractivity (Wildman–Crippen MR) is 98.2 cm³/mol. The Hall–Kier alpha value is -2.12. The SMILES string of the molecule is C/C=C/C=C/C(=O)Nc1ccc(OC)c(S(=O)(=O)N2CCCCC2)c1. The third kappa shape index (κ3) is 4.93. The van der Waals surface area contributed by atoms with Gasteiger partial charge in [-0.1, -0.05) is 24.6 Å². The monoisotopic (exact) mass is 364 g/mol. The summed E-state index contributed by atoms with van der Waals surface area (Å²) in [4.78, 5) is 12.0. The zero-order valence-electron chi connectivity index (χ0n) is 14.6. The summed E-state index contributed by atoms with van der Waals surface area (Å²) in [7, 11) is -2.22. The number of hydrogen-bond donors (Lipinski definition) is 1. The lowest BCUT2D eigenvalue weighted by Crippen LogP contribution is -2.35. The molecule has 136 valence electrons. The van der Waals surface area contributed by atoms with E-state index < -0.39 is 10.0 Å². The molecule has 0 radical (unpaired) electrons. The molecule has 1 amide bonds. The van der Waals surface area contributed by atoms with Gasteiger partial charge in [-0.05, 0) is 38.0 Å². The molecule has 2 rings (SSSR count). The van der Waals surface area contributed by atoms with E-state index in [9.17, 15) is 13.2 Å². The van der Waals surface area contributed by atoms with Gasteiger partial charge < -0.3 is 10.1 Å². The molecular weight excluding hydrogens is 340 g/mol. The minimum atomic E-state index is -3.66. The fourth-order valence-electron chi connectivity index (χ4n) is 2.64. The maximum Gasteiger partial charge on any atom is 0.248 e. The summed E-state index contributed by atoms with van der Waals surface area (Å²) >= 11 is 0. The normalized spacial score (nSPS) is 16.4. The molecule has 0 saturated carbocycles. The van der Waals surface area contributed by atoms with Crippen molar-refractivity contribution in [2.24, 2.45) is 0 Å². The van der Waals surface area contributed by atoms with Gasteiger partial charge >= 0.3 is 0 Å². The quantitative estimate of drug-likeness (QED) is 0.622. The number of nitrogens with one attached hydrogen (secondary N) is 1. The van der Waals surface area contributed by atoms with Crippen LogP contribution in [0.15, 0.2) is 47.4 Å². The van der Waals surface area contributed by atoms with Crippen LogP contribution in [-0.2, 0) is 14.8 Å². The van der Waals surface area contributed by atoms with Crippen molar-refractivity contribution in [3.63, 3.8) is 0 Å². The van der Waals surface area contributed by atoms with Crippen LogP contribution in [0.25, 0.3) is 0 Å². The van der Waals surface area contributed by atoms with E-state index in [0.717, 1.165) is 19.3 Å². The summed E-state index contributed by atoms with van der Waals surface area (Å²) in [6.45, 7) is 2.87. The number of carbonyl (C=O) groups is 1. The summed E-state index contributed by atoms with van der Waals surface area (Å²) < 4.78 is 32.6. The molecule has 1 aromatic rings. The smallest absolute Gasteiger partial charge is 0.248 e. The predicted octanol–water partition coefficient (Wildman–Crippen LogP) is 2.94. The molecule has 0 aliphatic carbocycles. The Balaban J connectivity index is 2.29. The van der Waals surface area contributed by atoms with E-state index in [2.05, 4.69) is 5.32 Å². The van der Waals surface area contributed by atoms with Gasteiger partial charge in [0, 0.05) is 24.9 Å². The topological polar surface area (TPSA) is 75.7 Å². The first-order valence-electron chi connectivity index (χ1n) is 8.27. The van der Waals surface area contributed by atoms with E-state index >= 15 is 0 Å². The molecule has 25 heavy (non-hydrogen) atoms. The Morgan fingerprint density at radius 2 is 1.92 bits per heavy atom. The second-order valence-electron chi connectivity index (χ2n) is 5.70. The molecule has 1 aromatic carbocycles. The number of methoxy groups -OCH3 is 1. The van der Waals surface area contributed by atoms with Gasteiger partial charge in [-0.25, -0.2) is 8.42 Å². The number of rotatable bonds is 6.